The van der Waals surface area contributed by atoms with Gasteiger partial charge in [-0.15, -0.1) is 0 Å². The standard InChI is InChI=1S/C5H9NO.C4H9NO.C4H6O2.CH5N/c1-6-4-3-5-7-2;1-5-3-2-4-6;1-6-4-2-3-5;1-2/h3-5H,1-2H3;2,4-6H,3H2,1H3;2-4H,1H3;2H2,1H3/b5-3-,6-4?;2*4-2-;. The molecule has 0 aromatic rings. The van der Waals surface area contributed by atoms with Gasteiger partial charge in [0.25, 0.3) is 0 Å². The molecule has 0 aliphatic heterocycles. The van der Waals surface area contributed by atoms with Crippen molar-refractivity contribution < 1.29 is 19.4 Å². The molecule has 0 spiro atoms. The molecule has 0 fully saturated rings. The molecule has 0 saturated carbocycles. The highest BCUT2D eigenvalue weighted by atomic mass is 16.5. The van der Waals surface area contributed by atoms with Gasteiger partial charge in [-0.1, -0.05) is 0 Å². The Hall–Kier alpha value is -2.12. The number of hydrogen-bond acceptors (Lipinski definition) is 7. The Kier molecular flexibility index (Phi) is 55.9. The van der Waals surface area contributed by atoms with Crippen LogP contribution < -0.4 is 11.1 Å². The molecular formula is C14H29N3O4. The molecule has 7 nitrogen and oxygen atoms in total. The average Bonchev–Trinajstić information content (AvgIpc) is 2.54. The SMILES string of the molecule is CN.CN=C/C=C\OC.CNC/C=C\O.CO/C=C\C=O. The number of nitrogens with zero attached hydrogens (tertiary/aromatic N) is 1. The molecule has 0 aliphatic carbocycles. The molecule has 0 radical (unpaired) electrons. The highest BCUT2D eigenvalue weighted by Crippen LogP contribution is 1.65. The van der Waals surface area contributed by atoms with E-state index in [2.05, 4.69) is 25.5 Å². The van der Waals surface area contributed by atoms with E-state index in [-0.39, 0.29) is 0 Å². The normalized spacial score (nSPS) is 9.43. The van der Waals surface area contributed by atoms with Gasteiger partial charge in [0.05, 0.1) is 33.0 Å². The van der Waals surface area contributed by atoms with Crippen LogP contribution in [0.15, 0.2) is 42.0 Å². The van der Waals surface area contributed by atoms with Gasteiger partial charge < -0.3 is 25.6 Å². The highest BCUT2D eigenvalue weighted by molar-refractivity contribution is 5.70. The van der Waals surface area contributed by atoms with E-state index in [1.165, 1.54) is 26.5 Å². The van der Waals surface area contributed by atoms with E-state index in [9.17, 15) is 4.79 Å². The molecule has 0 heterocycles. The van der Waals surface area contributed by atoms with Gasteiger partial charge in [-0.2, -0.15) is 0 Å². The minimum absolute atomic E-state index is 0.656. The second kappa shape index (κ2) is 43.0. The van der Waals surface area contributed by atoms with E-state index in [0.717, 1.165) is 12.8 Å². The largest absolute Gasteiger partial charge is 0.516 e. The molecule has 0 aromatic carbocycles. The third-order valence-corrected chi connectivity index (χ3v) is 1.17. The number of allylic oxidation sites excluding steroid dienone is 2. The molecule has 0 amide bonds. The molecule has 0 saturated heterocycles. The van der Waals surface area contributed by atoms with Crippen LogP contribution in [0.25, 0.3) is 0 Å². The van der Waals surface area contributed by atoms with E-state index < -0.39 is 0 Å². The monoisotopic (exact) mass is 303 g/mol. The van der Waals surface area contributed by atoms with Gasteiger partial charge in [-0.05, 0) is 26.2 Å². The molecule has 0 bridgehead atoms. The fraction of sp³-hybridized carbons (Fsp3) is 0.429. The zero-order chi connectivity index (χ0) is 17.2. The molecule has 0 aromatic heterocycles. The van der Waals surface area contributed by atoms with E-state index in [1.54, 1.807) is 38.8 Å². The molecule has 7 heteroatoms. The van der Waals surface area contributed by atoms with Crippen molar-refractivity contribution in [3.63, 3.8) is 0 Å². The number of nitrogens with one attached hydrogen (secondary N) is 1. The third-order valence-electron chi connectivity index (χ3n) is 1.17. The quantitative estimate of drug-likeness (QED) is 0.293. The predicted octanol–water partition coefficient (Wildman–Crippen LogP) is 1.04. The number of nitrogens with two attached hydrogens (primary N) is 1. The van der Waals surface area contributed by atoms with Crippen molar-refractivity contribution in [3.8, 4) is 0 Å². The summed E-state index contributed by atoms with van der Waals surface area (Å²) in [6, 6.07) is 0. The maximum Gasteiger partial charge on any atom is 0.145 e. The van der Waals surface area contributed by atoms with Gasteiger partial charge in [0.15, 0.2) is 0 Å². The van der Waals surface area contributed by atoms with Crippen molar-refractivity contribution in [1.29, 1.82) is 0 Å². The Morgan fingerprint density at radius 1 is 1.19 bits per heavy atom. The van der Waals surface area contributed by atoms with Crippen LogP contribution in [0.3, 0.4) is 0 Å². The smallest absolute Gasteiger partial charge is 0.145 e. The molecule has 0 atom stereocenters. The number of likely N-dealkylation sites (N-methyl/N-ethyl adjacent to an activating group) is 1. The summed E-state index contributed by atoms with van der Waals surface area (Å²) in [5.41, 5.74) is 4.50. The van der Waals surface area contributed by atoms with Gasteiger partial charge in [-0.25, -0.2) is 0 Å². The maximum atomic E-state index is 9.40. The number of aldehydes is 1. The van der Waals surface area contributed by atoms with E-state index in [4.69, 9.17) is 5.11 Å². The van der Waals surface area contributed by atoms with Crippen molar-refractivity contribution in [2.45, 2.75) is 0 Å². The molecule has 21 heavy (non-hydrogen) atoms. The Labute approximate surface area is 127 Å². The zero-order valence-electron chi connectivity index (χ0n) is 13.5. The molecule has 124 valence electrons. The lowest BCUT2D eigenvalue weighted by atomic mass is 10.6. The number of methoxy groups -OCH3 is 2. The summed E-state index contributed by atoms with van der Waals surface area (Å²) in [4.78, 5) is 13.1. The summed E-state index contributed by atoms with van der Waals surface area (Å²) < 4.78 is 8.94. The van der Waals surface area contributed by atoms with Crippen molar-refractivity contribution in [2.75, 3.05) is 41.9 Å². The maximum absolute atomic E-state index is 9.40. The number of carbonyl (C=O) groups is 1. The first-order chi connectivity index (χ1) is 10.2. The number of aliphatic hydroxyl groups is 1. The Bertz CT molecular complexity index is 265. The predicted molar refractivity (Wildman–Crippen MR) is 88.6 cm³/mol. The first-order valence-electron chi connectivity index (χ1n) is 5.99. The third kappa shape index (κ3) is 72.6. The topological polar surface area (TPSA) is 106 Å². The summed E-state index contributed by atoms with van der Waals surface area (Å²) in [7, 11) is 8.11. The second-order valence-corrected chi connectivity index (χ2v) is 2.61. The average molecular weight is 303 g/mol. The van der Waals surface area contributed by atoms with Gasteiger partial charge in [-0.3, -0.25) is 9.79 Å². The van der Waals surface area contributed by atoms with Crippen LogP contribution in [-0.4, -0.2) is 59.5 Å². The van der Waals surface area contributed by atoms with Crippen LogP contribution in [-0.2, 0) is 14.3 Å². The lowest BCUT2D eigenvalue weighted by molar-refractivity contribution is -0.104. The molecule has 4 N–H and O–H groups in total. The lowest BCUT2D eigenvalue weighted by Gasteiger charge is -1.81. The van der Waals surface area contributed by atoms with Gasteiger partial charge >= 0.3 is 0 Å². The number of hydrogen-bond donors (Lipinski definition) is 3. The Balaban J connectivity index is -0.0000000976. The fourth-order valence-electron chi connectivity index (χ4n) is 0.481. The van der Waals surface area contributed by atoms with Gasteiger partial charge in [0, 0.05) is 25.9 Å². The summed E-state index contributed by atoms with van der Waals surface area (Å²) in [6.07, 6.45) is 10.8. The number of carbonyl (C=O) groups excluding carboxylic acids is 1. The number of aliphatic hydroxyl groups excluding tert-OH is 1. The second-order valence-electron chi connectivity index (χ2n) is 2.61. The molecule has 0 aliphatic rings. The van der Waals surface area contributed by atoms with Crippen LogP contribution in [0.5, 0.6) is 0 Å². The van der Waals surface area contributed by atoms with Gasteiger partial charge in [0.2, 0.25) is 0 Å². The van der Waals surface area contributed by atoms with Gasteiger partial charge in [0.1, 0.15) is 6.29 Å². The Morgan fingerprint density at radius 2 is 1.71 bits per heavy atom. The molecular weight excluding hydrogens is 274 g/mol. The van der Waals surface area contributed by atoms with Crippen LogP contribution in [0.1, 0.15) is 0 Å². The minimum atomic E-state index is 0.656. The molecule has 0 unspecified atom stereocenters. The van der Waals surface area contributed by atoms with Crippen molar-refractivity contribution >= 4 is 12.5 Å². The highest BCUT2D eigenvalue weighted by Gasteiger charge is 1.62. The minimum Gasteiger partial charge on any atom is -0.516 e. The van der Waals surface area contributed by atoms with E-state index in [1.807, 2.05) is 7.05 Å². The first-order valence-corrected chi connectivity index (χ1v) is 5.99. The van der Waals surface area contributed by atoms with Crippen LogP contribution in [0.2, 0.25) is 0 Å². The lowest BCUT2D eigenvalue weighted by Crippen LogP contribution is -2.03. The van der Waals surface area contributed by atoms with Crippen molar-refractivity contribution in [3.05, 3.63) is 37.0 Å². The molecule has 0 rings (SSSR count). The van der Waals surface area contributed by atoms with E-state index >= 15 is 0 Å². The summed E-state index contributed by atoms with van der Waals surface area (Å²) in [6.45, 7) is 0.733. The zero-order valence-corrected chi connectivity index (χ0v) is 13.5. The van der Waals surface area contributed by atoms with Crippen LogP contribution >= 0.6 is 0 Å². The van der Waals surface area contributed by atoms with Crippen molar-refractivity contribution in [1.82, 2.24) is 5.32 Å². The number of rotatable bonds is 6. The van der Waals surface area contributed by atoms with Crippen LogP contribution in [0.4, 0.5) is 0 Å². The summed E-state index contributed by atoms with van der Waals surface area (Å²) in [5, 5.41) is 10.8. The van der Waals surface area contributed by atoms with E-state index in [0.29, 0.717) is 6.29 Å². The first kappa shape index (κ1) is 27.3. The number of aliphatic imine (C=N–C) groups is 1. The summed E-state index contributed by atoms with van der Waals surface area (Å²) in [5.74, 6) is 0. The summed E-state index contributed by atoms with van der Waals surface area (Å²) >= 11 is 0. The fourth-order valence-corrected chi connectivity index (χ4v) is 0.481. The van der Waals surface area contributed by atoms with Crippen molar-refractivity contribution in [2.24, 2.45) is 10.7 Å². The Morgan fingerprint density at radius 3 is 1.95 bits per heavy atom. The van der Waals surface area contributed by atoms with Crippen LogP contribution in [0, 0.1) is 0 Å². The number of ether oxygens (including phenoxy) is 2.